The predicted molar refractivity (Wildman–Crippen MR) is 111 cm³/mol. The van der Waals surface area contributed by atoms with Gasteiger partial charge in [-0.25, -0.2) is 10.9 Å². The molecule has 0 aliphatic carbocycles. The molecule has 168 valence electrons. The predicted octanol–water partition coefficient (Wildman–Crippen LogP) is 0.593. The van der Waals surface area contributed by atoms with Gasteiger partial charge in [0.25, 0.3) is 0 Å². The van der Waals surface area contributed by atoms with Crippen molar-refractivity contribution in [3.8, 4) is 0 Å². The molecule has 4 aliphatic rings. The molecular weight excluding hydrogens is 398 g/mol. The van der Waals surface area contributed by atoms with Gasteiger partial charge in [0.2, 0.25) is 11.8 Å². The summed E-state index contributed by atoms with van der Waals surface area (Å²) in [5.74, 6) is -0.116. The van der Waals surface area contributed by atoms with Gasteiger partial charge >= 0.3 is 0 Å². The van der Waals surface area contributed by atoms with Crippen LogP contribution in [0.15, 0.2) is 24.5 Å². The number of piperidine rings is 2. The van der Waals surface area contributed by atoms with Crippen molar-refractivity contribution < 1.29 is 19.1 Å². The van der Waals surface area contributed by atoms with Crippen molar-refractivity contribution in [2.45, 2.75) is 50.0 Å². The van der Waals surface area contributed by atoms with Gasteiger partial charge in [-0.15, -0.1) is 0 Å². The minimum atomic E-state index is -0.455. The highest BCUT2D eigenvalue weighted by Crippen LogP contribution is 2.32. The topological polar surface area (TPSA) is 96.0 Å². The summed E-state index contributed by atoms with van der Waals surface area (Å²) in [5, 5.41) is 0. The van der Waals surface area contributed by atoms with Crippen LogP contribution in [0.25, 0.3) is 0 Å². The molecule has 1 aromatic heterocycles. The van der Waals surface area contributed by atoms with Crippen LogP contribution < -0.4 is 10.9 Å². The molecule has 4 saturated heterocycles. The lowest BCUT2D eigenvalue weighted by molar-refractivity contribution is -0.188. The number of ether oxygens (including phenoxy) is 2. The Bertz CT molecular complexity index is 782. The number of hydrogen-bond acceptors (Lipinski definition) is 7. The Hall–Kier alpha value is -2.07. The summed E-state index contributed by atoms with van der Waals surface area (Å²) in [6.45, 7) is 3.94. The molecule has 2 unspecified atom stereocenters. The van der Waals surface area contributed by atoms with E-state index in [0.29, 0.717) is 45.8 Å². The smallest absolute Gasteiger partial charge is 0.241 e. The molecule has 1 aromatic rings. The molecule has 0 bridgehead atoms. The number of hydrogen-bond donors (Lipinski definition) is 2. The molecule has 2 N–H and O–H groups in total. The summed E-state index contributed by atoms with van der Waals surface area (Å²) >= 11 is 0. The Kier molecular flexibility index (Phi) is 5.92. The number of nitrogens with one attached hydrogen (secondary N) is 2. The summed E-state index contributed by atoms with van der Waals surface area (Å²) in [4.78, 5) is 33.9. The zero-order valence-electron chi connectivity index (χ0n) is 17.8. The first-order chi connectivity index (χ1) is 15.1. The second-order valence-electron chi connectivity index (χ2n) is 8.94. The van der Waals surface area contributed by atoms with Gasteiger partial charge in [-0.1, -0.05) is 0 Å². The van der Waals surface area contributed by atoms with Gasteiger partial charge in [0.1, 0.15) is 6.04 Å². The highest BCUT2D eigenvalue weighted by Gasteiger charge is 2.42. The second kappa shape index (κ2) is 8.82. The van der Waals surface area contributed by atoms with E-state index in [9.17, 15) is 9.59 Å². The molecule has 4 aliphatic heterocycles. The number of carbonyl (C=O) groups is 2. The molecule has 1 spiro atoms. The summed E-state index contributed by atoms with van der Waals surface area (Å²) in [5.41, 5.74) is 7.50. The SMILES string of the molecule is O=C(C1CCN(C(=O)C2CC(c3ccncc3)NN2)CC1)N1CCC2(CC1)OCCO2. The van der Waals surface area contributed by atoms with Crippen molar-refractivity contribution in [1.29, 1.82) is 0 Å². The molecule has 5 heterocycles. The van der Waals surface area contributed by atoms with E-state index in [0.717, 1.165) is 31.2 Å². The fraction of sp³-hybridized carbons (Fsp3) is 0.682. The number of aromatic nitrogens is 1. The van der Waals surface area contributed by atoms with Crippen LogP contribution in [0, 0.1) is 5.92 Å². The highest BCUT2D eigenvalue weighted by atomic mass is 16.7. The summed E-state index contributed by atoms with van der Waals surface area (Å²) in [7, 11) is 0. The highest BCUT2D eigenvalue weighted by molar-refractivity contribution is 5.83. The lowest BCUT2D eigenvalue weighted by Gasteiger charge is -2.40. The molecule has 2 atom stereocenters. The largest absolute Gasteiger partial charge is 0.347 e. The number of rotatable bonds is 3. The van der Waals surface area contributed by atoms with Crippen LogP contribution in [0.4, 0.5) is 0 Å². The molecule has 9 nitrogen and oxygen atoms in total. The summed E-state index contributed by atoms with van der Waals surface area (Å²) in [6.07, 6.45) is 7.19. The third-order valence-electron chi connectivity index (χ3n) is 7.12. The van der Waals surface area contributed by atoms with Gasteiger partial charge in [0.15, 0.2) is 5.79 Å². The second-order valence-corrected chi connectivity index (χ2v) is 8.94. The molecule has 4 fully saturated rings. The fourth-order valence-corrected chi connectivity index (χ4v) is 5.21. The van der Waals surface area contributed by atoms with Crippen LogP contribution in [0.1, 0.15) is 43.7 Å². The molecule has 31 heavy (non-hydrogen) atoms. The van der Waals surface area contributed by atoms with E-state index in [2.05, 4.69) is 15.8 Å². The van der Waals surface area contributed by atoms with Crippen molar-refractivity contribution in [2.75, 3.05) is 39.4 Å². The standard InChI is InChI=1S/C22H31N5O4/c28-20(27-11-5-22(6-12-27)30-13-14-31-22)17-3-9-26(10-4-17)21(29)19-15-18(24-25-19)16-1-7-23-8-2-16/h1-2,7-8,17-19,24-25H,3-6,9-15H2. The van der Waals surface area contributed by atoms with E-state index in [-0.39, 0.29) is 29.8 Å². The molecule has 0 saturated carbocycles. The van der Waals surface area contributed by atoms with Crippen LogP contribution in [0.5, 0.6) is 0 Å². The van der Waals surface area contributed by atoms with Crippen LogP contribution in [-0.4, -0.2) is 77.8 Å². The molecule has 2 amide bonds. The van der Waals surface area contributed by atoms with Gasteiger partial charge in [0, 0.05) is 63.4 Å². The number of pyridine rings is 1. The normalized spacial score (nSPS) is 28.9. The van der Waals surface area contributed by atoms with Crippen LogP contribution in [-0.2, 0) is 19.1 Å². The Labute approximate surface area is 182 Å². The Balaban J connectivity index is 1.09. The number of carbonyl (C=O) groups excluding carboxylic acids is 2. The minimum Gasteiger partial charge on any atom is -0.347 e. The van der Waals surface area contributed by atoms with Crippen molar-refractivity contribution in [2.24, 2.45) is 5.92 Å². The van der Waals surface area contributed by atoms with Crippen LogP contribution in [0.3, 0.4) is 0 Å². The van der Waals surface area contributed by atoms with E-state index >= 15 is 0 Å². The van der Waals surface area contributed by atoms with Crippen LogP contribution >= 0.6 is 0 Å². The lowest BCUT2D eigenvalue weighted by Crippen LogP contribution is -2.52. The van der Waals surface area contributed by atoms with Gasteiger partial charge in [-0.2, -0.15) is 0 Å². The number of hydrazine groups is 1. The van der Waals surface area contributed by atoms with Gasteiger partial charge in [-0.05, 0) is 37.0 Å². The fourth-order valence-electron chi connectivity index (χ4n) is 5.21. The van der Waals surface area contributed by atoms with Crippen molar-refractivity contribution in [3.63, 3.8) is 0 Å². The van der Waals surface area contributed by atoms with E-state index in [4.69, 9.17) is 9.47 Å². The monoisotopic (exact) mass is 429 g/mol. The van der Waals surface area contributed by atoms with Gasteiger partial charge < -0.3 is 19.3 Å². The molecule has 0 radical (unpaired) electrons. The number of likely N-dealkylation sites (tertiary alicyclic amines) is 2. The average molecular weight is 430 g/mol. The maximum Gasteiger partial charge on any atom is 0.241 e. The maximum atomic E-state index is 13.0. The Morgan fingerprint density at radius 3 is 2.26 bits per heavy atom. The lowest BCUT2D eigenvalue weighted by atomic mass is 9.93. The quantitative estimate of drug-likeness (QED) is 0.726. The van der Waals surface area contributed by atoms with E-state index in [1.807, 2.05) is 21.9 Å². The van der Waals surface area contributed by atoms with Gasteiger partial charge in [0.05, 0.1) is 13.2 Å². The van der Waals surface area contributed by atoms with Gasteiger partial charge in [-0.3, -0.25) is 14.6 Å². The summed E-state index contributed by atoms with van der Waals surface area (Å²) in [6, 6.07) is 3.80. The molecule has 5 rings (SSSR count). The average Bonchev–Trinajstić information content (AvgIpc) is 3.50. The van der Waals surface area contributed by atoms with Crippen molar-refractivity contribution in [1.82, 2.24) is 25.6 Å². The van der Waals surface area contributed by atoms with Crippen LogP contribution in [0.2, 0.25) is 0 Å². The first kappa shape index (κ1) is 20.8. The molecule has 0 aromatic carbocycles. The van der Waals surface area contributed by atoms with E-state index in [1.54, 1.807) is 12.4 Å². The summed E-state index contributed by atoms with van der Waals surface area (Å²) < 4.78 is 11.5. The maximum absolute atomic E-state index is 13.0. The first-order valence-corrected chi connectivity index (χ1v) is 11.4. The van der Waals surface area contributed by atoms with E-state index in [1.165, 1.54) is 0 Å². The first-order valence-electron chi connectivity index (χ1n) is 11.4. The third kappa shape index (κ3) is 4.32. The third-order valence-corrected chi connectivity index (χ3v) is 7.12. The Morgan fingerprint density at radius 2 is 1.58 bits per heavy atom. The van der Waals surface area contributed by atoms with Crippen molar-refractivity contribution >= 4 is 11.8 Å². The number of nitrogens with zero attached hydrogens (tertiary/aromatic N) is 3. The van der Waals surface area contributed by atoms with Crippen molar-refractivity contribution in [3.05, 3.63) is 30.1 Å². The zero-order valence-corrected chi connectivity index (χ0v) is 17.8. The molecule has 9 heteroatoms. The number of amides is 2. The Morgan fingerprint density at radius 1 is 0.935 bits per heavy atom. The zero-order chi connectivity index (χ0) is 21.3. The minimum absolute atomic E-state index is 0.00254. The molecular formula is C22H31N5O4. The van der Waals surface area contributed by atoms with E-state index < -0.39 is 5.79 Å².